The lowest BCUT2D eigenvalue weighted by atomic mass is 10.2. The molecule has 1 unspecified atom stereocenters. The minimum atomic E-state index is -0.217. The van der Waals surface area contributed by atoms with Gasteiger partial charge in [0.05, 0.1) is 5.69 Å². The Labute approximate surface area is 105 Å². The van der Waals surface area contributed by atoms with Crippen molar-refractivity contribution in [2.45, 2.75) is 23.8 Å². The first-order chi connectivity index (χ1) is 8.36. The van der Waals surface area contributed by atoms with E-state index in [0.29, 0.717) is 0 Å². The minimum Gasteiger partial charge on any atom is -0.368 e. The Morgan fingerprint density at radius 1 is 1.41 bits per heavy atom. The molecule has 1 fully saturated rings. The lowest BCUT2D eigenvalue weighted by Crippen LogP contribution is -2.42. The number of benzene rings is 1. The summed E-state index contributed by atoms with van der Waals surface area (Å²) in [5.74, 6) is 1.10. The van der Waals surface area contributed by atoms with Crippen LogP contribution in [0.5, 0.6) is 0 Å². The van der Waals surface area contributed by atoms with Gasteiger partial charge in [0, 0.05) is 23.8 Å². The van der Waals surface area contributed by atoms with Crippen LogP contribution in [0.3, 0.4) is 0 Å². The number of hydrogen-bond donors (Lipinski definition) is 0. The van der Waals surface area contributed by atoms with E-state index in [1.165, 1.54) is 4.90 Å². The summed E-state index contributed by atoms with van der Waals surface area (Å²) in [6.07, 6.45) is 1.65. The highest BCUT2D eigenvalue weighted by Gasteiger charge is 2.31. The summed E-state index contributed by atoms with van der Waals surface area (Å²) in [6, 6.07) is 8.11. The first-order valence-corrected chi connectivity index (χ1v) is 6.99. The lowest BCUT2D eigenvalue weighted by molar-refractivity contribution is -0.127. The number of amides is 1. The van der Waals surface area contributed by atoms with E-state index < -0.39 is 0 Å². The molecule has 0 N–H and O–H groups in total. The third-order valence-electron chi connectivity index (χ3n) is 3.20. The first-order valence-electron chi connectivity index (χ1n) is 6.01. The Morgan fingerprint density at radius 2 is 2.29 bits per heavy atom. The number of fused-ring (bicyclic) bond motifs is 1. The van der Waals surface area contributed by atoms with Crippen LogP contribution in [0, 0.1) is 0 Å². The highest BCUT2D eigenvalue weighted by Crippen LogP contribution is 2.35. The highest BCUT2D eigenvalue weighted by molar-refractivity contribution is 7.99. The van der Waals surface area contributed by atoms with E-state index in [-0.39, 0.29) is 12.0 Å². The Morgan fingerprint density at radius 3 is 3.12 bits per heavy atom. The number of nitrogens with zero attached hydrogens (tertiary/aromatic N) is 1. The number of hydrogen-bond acceptors (Lipinski definition) is 3. The number of thioether (sulfide) groups is 1. The van der Waals surface area contributed by atoms with Crippen molar-refractivity contribution in [3.8, 4) is 0 Å². The number of carbonyl (C=O) groups is 1. The van der Waals surface area contributed by atoms with Gasteiger partial charge >= 0.3 is 0 Å². The van der Waals surface area contributed by atoms with E-state index >= 15 is 0 Å². The molecule has 0 bridgehead atoms. The van der Waals surface area contributed by atoms with Crippen molar-refractivity contribution in [1.82, 2.24) is 0 Å². The van der Waals surface area contributed by atoms with Gasteiger partial charge in [-0.25, -0.2) is 0 Å². The third kappa shape index (κ3) is 2.07. The molecule has 3 rings (SSSR count). The van der Waals surface area contributed by atoms with Gasteiger partial charge in [-0.15, -0.1) is 11.8 Å². The molecule has 1 atom stereocenters. The van der Waals surface area contributed by atoms with Crippen molar-refractivity contribution in [1.29, 1.82) is 0 Å². The third-order valence-corrected chi connectivity index (χ3v) is 4.24. The Kier molecular flexibility index (Phi) is 3.07. The van der Waals surface area contributed by atoms with Crippen molar-refractivity contribution < 1.29 is 9.53 Å². The van der Waals surface area contributed by atoms with Crippen LogP contribution in [0.1, 0.15) is 12.8 Å². The molecule has 1 aromatic rings. The summed E-state index contributed by atoms with van der Waals surface area (Å²) in [6.45, 7) is 1.51. The van der Waals surface area contributed by atoms with Crippen molar-refractivity contribution in [3.63, 3.8) is 0 Å². The van der Waals surface area contributed by atoms with Gasteiger partial charge in [-0.2, -0.15) is 0 Å². The molecule has 0 radical (unpaired) electrons. The second-order valence-electron chi connectivity index (χ2n) is 4.31. The molecule has 2 aliphatic rings. The zero-order valence-electron chi connectivity index (χ0n) is 9.59. The molecule has 90 valence electrons. The van der Waals surface area contributed by atoms with Crippen molar-refractivity contribution in [2.75, 3.05) is 23.8 Å². The monoisotopic (exact) mass is 249 g/mol. The lowest BCUT2D eigenvalue weighted by Gasteiger charge is -2.30. The van der Waals surface area contributed by atoms with E-state index in [2.05, 4.69) is 6.07 Å². The SMILES string of the molecule is O=C(C1CCCO1)N1CCSc2ccccc21. The molecule has 3 nitrogen and oxygen atoms in total. The molecule has 0 aromatic heterocycles. The smallest absolute Gasteiger partial charge is 0.256 e. The zero-order valence-corrected chi connectivity index (χ0v) is 10.4. The van der Waals surface area contributed by atoms with Gasteiger partial charge in [-0.05, 0) is 25.0 Å². The number of carbonyl (C=O) groups excluding carboxylic acids is 1. The van der Waals surface area contributed by atoms with Gasteiger partial charge in [-0.3, -0.25) is 4.79 Å². The van der Waals surface area contributed by atoms with Gasteiger partial charge in [0.25, 0.3) is 5.91 Å². The maximum Gasteiger partial charge on any atom is 0.256 e. The highest BCUT2D eigenvalue weighted by atomic mass is 32.2. The van der Waals surface area contributed by atoms with Crippen LogP contribution in [0.4, 0.5) is 5.69 Å². The van der Waals surface area contributed by atoms with E-state index in [1.54, 1.807) is 0 Å². The van der Waals surface area contributed by atoms with Crippen molar-refractivity contribution >= 4 is 23.4 Å². The summed E-state index contributed by atoms with van der Waals surface area (Å²) in [5, 5.41) is 0. The fourth-order valence-electron chi connectivity index (χ4n) is 2.34. The molecule has 2 aliphatic heterocycles. The predicted molar refractivity (Wildman–Crippen MR) is 68.5 cm³/mol. The van der Waals surface area contributed by atoms with Gasteiger partial charge < -0.3 is 9.64 Å². The normalized spacial score (nSPS) is 23.5. The molecule has 1 aromatic carbocycles. The number of anilines is 1. The van der Waals surface area contributed by atoms with Crippen LogP contribution in [0.2, 0.25) is 0 Å². The fraction of sp³-hybridized carbons (Fsp3) is 0.462. The largest absolute Gasteiger partial charge is 0.368 e. The Hall–Kier alpha value is -1.00. The quantitative estimate of drug-likeness (QED) is 0.765. The molecule has 0 spiro atoms. The summed E-state index contributed by atoms with van der Waals surface area (Å²) < 4.78 is 5.48. The maximum atomic E-state index is 12.4. The van der Waals surface area contributed by atoms with Crippen LogP contribution in [-0.4, -0.2) is 30.9 Å². The minimum absolute atomic E-state index is 0.134. The molecular formula is C13H15NO2S. The van der Waals surface area contributed by atoms with Crippen LogP contribution in [0.25, 0.3) is 0 Å². The number of para-hydroxylation sites is 1. The topological polar surface area (TPSA) is 29.5 Å². The Balaban J connectivity index is 1.86. The zero-order chi connectivity index (χ0) is 11.7. The second-order valence-corrected chi connectivity index (χ2v) is 5.44. The van der Waals surface area contributed by atoms with Crippen LogP contribution < -0.4 is 4.90 Å². The molecule has 2 heterocycles. The van der Waals surface area contributed by atoms with Crippen LogP contribution in [0.15, 0.2) is 29.2 Å². The Bertz CT molecular complexity index is 429. The number of ether oxygens (including phenoxy) is 1. The van der Waals surface area contributed by atoms with Crippen LogP contribution in [-0.2, 0) is 9.53 Å². The van der Waals surface area contributed by atoms with Crippen LogP contribution >= 0.6 is 11.8 Å². The first kappa shape index (κ1) is 11.1. The van der Waals surface area contributed by atoms with Gasteiger partial charge in [0.1, 0.15) is 6.10 Å². The predicted octanol–water partition coefficient (Wildman–Crippen LogP) is 2.30. The standard InChI is InChI=1S/C13H15NO2S/c15-13(11-5-3-8-16-11)14-7-9-17-12-6-2-1-4-10(12)14/h1-2,4,6,11H,3,5,7-9H2. The van der Waals surface area contributed by atoms with Gasteiger partial charge in [-0.1, -0.05) is 12.1 Å². The maximum absolute atomic E-state index is 12.4. The van der Waals surface area contributed by atoms with Crippen molar-refractivity contribution in [2.24, 2.45) is 0 Å². The van der Waals surface area contributed by atoms with E-state index in [9.17, 15) is 4.79 Å². The van der Waals surface area contributed by atoms with E-state index in [4.69, 9.17) is 4.74 Å². The second kappa shape index (κ2) is 4.70. The molecule has 4 heteroatoms. The summed E-state index contributed by atoms with van der Waals surface area (Å²) >= 11 is 1.82. The fourth-order valence-corrected chi connectivity index (χ4v) is 3.34. The molecule has 0 aliphatic carbocycles. The van der Waals surface area contributed by atoms with E-state index in [1.807, 2.05) is 34.9 Å². The molecular weight excluding hydrogens is 234 g/mol. The average molecular weight is 249 g/mol. The number of rotatable bonds is 1. The molecule has 1 saturated heterocycles. The molecule has 17 heavy (non-hydrogen) atoms. The summed E-state index contributed by atoms with van der Waals surface area (Å²) in [4.78, 5) is 15.4. The van der Waals surface area contributed by atoms with Crippen molar-refractivity contribution in [3.05, 3.63) is 24.3 Å². The summed E-state index contributed by atoms with van der Waals surface area (Å²) in [5.41, 5.74) is 1.05. The van der Waals surface area contributed by atoms with Gasteiger partial charge in [0.15, 0.2) is 0 Å². The average Bonchev–Trinajstić information content (AvgIpc) is 2.91. The van der Waals surface area contributed by atoms with E-state index in [0.717, 1.165) is 37.4 Å². The molecule has 1 amide bonds. The summed E-state index contributed by atoms with van der Waals surface area (Å²) in [7, 11) is 0. The van der Waals surface area contributed by atoms with Gasteiger partial charge in [0.2, 0.25) is 0 Å². The molecule has 0 saturated carbocycles.